The first kappa shape index (κ1) is 61.0. The first-order valence-corrected chi connectivity index (χ1v) is 39.6. The maximum absolute atomic E-state index is 6.96. The molecule has 0 unspecified atom stereocenters. The van der Waals surface area contributed by atoms with Crippen LogP contribution in [0.5, 0.6) is 0 Å². The quantitative estimate of drug-likeness (QED) is 0.0592. The van der Waals surface area contributed by atoms with Gasteiger partial charge >= 0.3 is 71.0 Å². The molecule has 0 atom stereocenters. The van der Waals surface area contributed by atoms with Crippen LogP contribution >= 0.6 is 70.4 Å². The second-order valence-electron chi connectivity index (χ2n) is 10.8. The molecular weight excluding hydrogens is 1280 g/mol. The van der Waals surface area contributed by atoms with Gasteiger partial charge in [-0.2, -0.15) is 10.2 Å². The van der Waals surface area contributed by atoms with Gasteiger partial charge in [0.2, 0.25) is 0 Å². The van der Waals surface area contributed by atoms with E-state index in [1.165, 1.54) is 73.9 Å². The summed E-state index contributed by atoms with van der Waals surface area (Å²) in [5.74, 6) is 4.59. The number of hydrogen-bond acceptors (Lipinski definition) is 2. The van der Waals surface area contributed by atoms with Crippen molar-refractivity contribution in [3.63, 3.8) is 0 Å². The second kappa shape index (κ2) is 50.7. The Bertz CT molecular complexity index is 902. The Morgan fingerprint density at radius 3 is 0.660 bits per heavy atom. The summed E-state index contributed by atoms with van der Waals surface area (Å²) >= 11 is 8.46. The third-order valence-corrected chi connectivity index (χ3v) is 20.3. The molecule has 292 valence electrons. The first-order valence-electron chi connectivity index (χ1n) is 18.3. The van der Waals surface area contributed by atoms with E-state index in [1.54, 1.807) is 48.5 Å². The summed E-state index contributed by atoms with van der Waals surface area (Å²) in [7, 11) is 0.549. The van der Waals surface area contributed by atoms with Crippen molar-refractivity contribution in [1.29, 1.82) is 0 Å². The van der Waals surface area contributed by atoms with E-state index >= 15 is 0 Å². The van der Waals surface area contributed by atoms with Crippen LogP contribution in [0.1, 0.15) is 94.2 Å². The van der Waals surface area contributed by atoms with Gasteiger partial charge in [0, 0.05) is 0 Å². The molecule has 2 rings (SSSR count). The molecule has 0 radical (unpaired) electrons. The molecular formula is C40H72I2N2P4Pt2+4. The summed E-state index contributed by atoms with van der Waals surface area (Å²) in [5.41, 5.74) is 2.85. The van der Waals surface area contributed by atoms with Crippen LogP contribution in [0.15, 0.2) is 58.8 Å². The standard InChI is InChI=1S/C16H8N2.4C6H15P.2HI.2Pt/c1-3-13-5-9-15(10-6-13)17-18-16-11-7-14(4-2)8-12-16;4*1-4-7(5-2)6-3;;;;/h5-12H;4*4-6H2,1-3H3;2*1H;;/q-2;;;;;;;2*+2/p+2. The molecule has 50 heavy (non-hydrogen) atoms. The third-order valence-electron chi connectivity index (χ3n) is 8.30. The van der Waals surface area contributed by atoms with Crippen LogP contribution in [-0.4, -0.2) is 73.9 Å². The average Bonchev–Trinajstić information content (AvgIpc) is 3.20. The summed E-state index contributed by atoms with van der Waals surface area (Å²) in [4.78, 5) is 0. The van der Waals surface area contributed by atoms with Crippen molar-refractivity contribution in [2.24, 2.45) is 10.2 Å². The fourth-order valence-corrected chi connectivity index (χ4v) is 10.3. The third kappa shape index (κ3) is 39.4. The molecule has 0 aliphatic heterocycles. The van der Waals surface area contributed by atoms with Crippen LogP contribution in [0.3, 0.4) is 0 Å². The number of hydrogen-bond donors (Lipinski definition) is 0. The summed E-state index contributed by atoms with van der Waals surface area (Å²) in [6.45, 7) is 27.7. The van der Waals surface area contributed by atoms with Crippen LogP contribution in [0, 0.1) is 24.7 Å². The van der Waals surface area contributed by atoms with Gasteiger partial charge in [0.05, 0.1) is 85.3 Å². The molecule has 0 saturated carbocycles. The van der Waals surface area contributed by atoms with Crippen molar-refractivity contribution in [3.8, 4) is 11.8 Å². The SMILES string of the molecule is CC[PH+](CC)CC.CC[PH+](CC)CC.CC[PH+](CC)CC.CC[PH+](CC)CC.[C-]#Cc1ccc(N=Nc2ccc(C#[C-])cc2)cc1.[I][Pt+].[I][Pt+]. The minimum atomic E-state index is 0.137. The van der Waals surface area contributed by atoms with E-state index in [9.17, 15) is 0 Å². The molecule has 0 amide bonds. The van der Waals surface area contributed by atoms with Gasteiger partial charge < -0.3 is 12.8 Å². The van der Waals surface area contributed by atoms with Crippen molar-refractivity contribution in [2.45, 2.75) is 83.1 Å². The van der Waals surface area contributed by atoms with Crippen molar-refractivity contribution in [2.75, 3.05) is 73.9 Å². The van der Waals surface area contributed by atoms with Crippen LogP contribution in [0.25, 0.3) is 0 Å². The predicted molar refractivity (Wildman–Crippen MR) is 257 cm³/mol. The zero-order valence-corrected chi connectivity index (χ0v) is 46.2. The molecule has 10 heteroatoms. The number of rotatable bonds is 14. The second-order valence-corrected chi connectivity index (χ2v) is 25.3. The monoisotopic (exact) mass is 1350 g/mol. The topological polar surface area (TPSA) is 24.7 Å². The van der Waals surface area contributed by atoms with Crippen LogP contribution in [0.4, 0.5) is 11.4 Å². The van der Waals surface area contributed by atoms with Crippen LogP contribution < -0.4 is 0 Å². The number of benzene rings is 2. The van der Waals surface area contributed by atoms with Crippen molar-refractivity contribution in [3.05, 3.63) is 72.5 Å². The average molecular weight is 1350 g/mol. The van der Waals surface area contributed by atoms with Gasteiger partial charge in [0.25, 0.3) is 0 Å². The zero-order chi connectivity index (χ0) is 39.6. The molecule has 0 fully saturated rings. The van der Waals surface area contributed by atoms with Gasteiger partial charge in [0.15, 0.2) is 0 Å². The summed E-state index contributed by atoms with van der Waals surface area (Å²) in [6.07, 6.45) is 31.4. The molecule has 0 heterocycles. The van der Waals surface area contributed by atoms with Crippen LogP contribution in [0.2, 0.25) is 0 Å². The van der Waals surface area contributed by atoms with E-state index in [1.807, 2.05) is 0 Å². The van der Waals surface area contributed by atoms with Gasteiger partial charge in [0.1, 0.15) is 0 Å². The van der Waals surface area contributed by atoms with Crippen LogP contribution in [-0.2, 0) is 32.3 Å². The van der Waals surface area contributed by atoms with E-state index in [-0.39, 0.29) is 31.7 Å². The Morgan fingerprint density at radius 2 is 0.560 bits per heavy atom. The molecule has 0 N–H and O–H groups in total. The summed E-state index contributed by atoms with van der Waals surface area (Å²) < 4.78 is 0. The first-order chi connectivity index (χ1) is 24.2. The normalized spacial score (nSPS) is 9.60. The fraction of sp³-hybridized carbons (Fsp3) is 0.600. The fourth-order valence-electron chi connectivity index (χ4n) is 4.34. The van der Waals surface area contributed by atoms with E-state index in [4.69, 9.17) is 12.8 Å². The van der Waals surface area contributed by atoms with E-state index in [0.29, 0.717) is 11.1 Å². The molecule has 2 aromatic carbocycles. The van der Waals surface area contributed by atoms with Crippen molar-refractivity contribution >= 4 is 81.8 Å². The Hall–Kier alpha value is 1.72. The van der Waals surface area contributed by atoms with Gasteiger partial charge in [-0.15, -0.1) is 35.4 Å². The molecule has 0 aliphatic carbocycles. The Morgan fingerprint density at radius 1 is 0.400 bits per heavy atom. The van der Waals surface area contributed by atoms with Crippen molar-refractivity contribution < 1.29 is 32.3 Å². The summed E-state index contributed by atoms with van der Waals surface area (Å²) in [5, 5.41) is 8.15. The Balaban J connectivity index is -0.000000179. The number of nitrogens with zero attached hydrogens (tertiary/aromatic N) is 2. The molecule has 0 aliphatic rings. The Labute approximate surface area is 361 Å². The maximum atomic E-state index is 6.96. The number of azo groups is 1. The molecule has 2 nitrogen and oxygen atoms in total. The van der Waals surface area contributed by atoms with Gasteiger partial charge in [-0.05, 0) is 115 Å². The minimum absolute atomic E-state index is 0.137. The Kier molecular flexibility index (Phi) is 61.8. The van der Waals surface area contributed by atoms with Gasteiger partial charge in [-0.1, -0.05) is 24.3 Å². The van der Waals surface area contributed by atoms with E-state index in [2.05, 4.69) is 176 Å². The molecule has 0 aromatic heterocycles. The molecule has 0 saturated heterocycles. The summed E-state index contributed by atoms with van der Waals surface area (Å²) in [6, 6.07) is 14.1. The van der Waals surface area contributed by atoms with Gasteiger partial charge in [-0.25, -0.2) is 0 Å². The van der Waals surface area contributed by atoms with Gasteiger partial charge in [-0.3, -0.25) is 11.8 Å². The van der Waals surface area contributed by atoms with Crippen molar-refractivity contribution in [1.82, 2.24) is 0 Å². The molecule has 2 aromatic rings. The molecule has 0 bridgehead atoms. The number of halogens is 2. The van der Waals surface area contributed by atoms with E-state index in [0.717, 1.165) is 11.4 Å². The van der Waals surface area contributed by atoms with E-state index < -0.39 is 0 Å². The zero-order valence-electron chi connectivity index (χ0n) is 33.4. The molecule has 0 spiro atoms. The predicted octanol–water partition coefficient (Wildman–Crippen LogP) is 14.8.